The number of para-hydroxylation sites is 1. The van der Waals surface area contributed by atoms with Crippen LogP contribution in [0.2, 0.25) is 0 Å². The number of rotatable bonds is 8. The van der Waals surface area contributed by atoms with Crippen LogP contribution in [-0.4, -0.2) is 17.0 Å². The van der Waals surface area contributed by atoms with Crippen LogP contribution in [0.25, 0.3) is 6.08 Å². The molecule has 0 unspecified atom stereocenters. The van der Waals surface area contributed by atoms with Crippen LogP contribution in [0.3, 0.4) is 0 Å². The van der Waals surface area contributed by atoms with Gasteiger partial charge in [0, 0.05) is 0 Å². The number of carbonyl (C=O) groups is 2. The molecular weight excluding hydrogens is 470 g/mol. The third-order valence-electron chi connectivity index (χ3n) is 4.77. The van der Waals surface area contributed by atoms with Crippen molar-refractivity contribution in [1.82, 2.24) is 5.32 Å². The Hall–Kier alpha value is -3.38. The van der Waals surface area contributed by atoms with E-state index in [1.165, 1.54) is 11.6 Å². The highest BCUT2D eigenvalue weighted by molar-refractivity contribution is 9.10. The minimum absolute atomic E-state index is 0.0989. The van der Waals surface area contributed by atoms with Crippen molar-refractivity contribution in [3.05, 3.63) is 99.7 Å². The fourth-order valence-electron chi connectivity index (χ4n) is 3.00. The van der Waals surface area contributed by atoms with Gasteiger partial charge in [-0.15, -0.1) is 0 Å². The molecule has 3 aromatic carbocycles. The first kappa shape index (κ1) is 23.3. The number of carbonyl (C=O) groups excluding carboxylic acids is 1. The van der Waals surface area contributed by atoms with Gasteiger partial charge < -0.3 is 15.2 Å². The van der Waals surface area contributed by atoms with Gasteiger partial charge in [0.15, 0.2) is 0 Å². The van der Waals surface area contributed by atoms with Crippen molar-refractivity contribution in [3.8, 4) is 11.5 Å². The molecule has 0 atom stereocenters. The highest BCUT2D eigenvalue weighted by Crippen LogP contribution is 2.29. The predicted octanol–water partition coefficient (Wildman–Crippen LogP) is 6.15. The Morgan fingerprint density at radius 2 is 1.66 bits per heavy atom. The zero-order valence-electron chi connectivity index (χ0n) is 17.8. The highest BCUT2D eigenvalue weighted by Gasteiger charge is 2.13. The van der Waals surface area contributed by atoms with Gasteiger partial charge in [-0.25, -0.2) is 4.79 Å². The maximum atomic E-state index is 12.4. The molecule has 0 aliphatic heterocycles. The first-order valence-electron chi connectivity index (χ1n) is 10.2. The Kier molecular flexibility index (Phi) is 7.84. The number of hydrogen-bond donors (Lipinski definition) is 2. The zero-order chi connectivity index (χ0) is 23.1. The molecule has 0 bridgehead atoms. The Balaban J connectivity index is 1.66. The largest absolute Gasteiger partial charge is 0.477 e. The van der Waals surface area contributed by atoms with Gasteiger partial charge in [0.05, 0.1) is 10.9 Å². The quantitative estimate of drug-likeness (QED) is 0.369. The van der Waals surface area contributed by atoms with E-state index in [0.717, 1.165) is 10.0 Å². The maximum Gasteiger partial charge on any atom is 0.352 e. The lowest BCUT2D eigenvalue weighted by Gasteiger charge is -2.09. The summed E-state index contributed by atoms with van der Waals surface area (Å²) < 4.78 is 6.65. The summed E-state index contributed by atoms with van der Waals surface area (Å²) in [5.41, 5.74) is 2.45. The van der Waals surface area contributed by atoms with E-state index in [0.29, 0.717) is 23.0 Å². The van der Waals surface area contributed by atoms with Crippen LogP contribution < -0.4 is 10.1 Å². The number of ether oxygens (including phenoxy) is 1. The number of benzene rings is 3. The monoisotopic (exact) mass is 493 g/mol. The third kappa shape index (κ3) is 6.56. The van der Waals surface area contributed by atoms with Crippen molar-refractivity contribution < 1.29 is 19.4 Å². The van der Waals surface area contributed by atoms with E-state index in [4.69, 9.17) is 4.74 Å². The Bertz CT molecular complexity index is 1120. The van der Waals surface area contributed by atoms with Crippen molar-refractivity contribution in [2.75, 3.05) is 0 Å². The molecule has 164 valence electrons. The van der Waals surface area contributed by atoms with Crippen LogP contribution >= 0.6 is 15.9 Å². The first-order valence-corrected chi connectivity index (χ1v) is 11.0. The van der Waals surface area contributed by atoms with Gasteiger partial charge in [-0.2, -0.15) is 0 Å². The summed E-state index contributed by atoms with van der Waals surface area (Å²) in [5.74, 6) is 0.104. The number of amides is 1. The van der Waals surface area contributed by atoms with E-state index < -0.39 is 5.97 Å². The number of carboxylic acid groups (broad SMARTS) is 1. The summed E-state index contributed by atoms with van der Waals surface area (Å²) in [4.78, 5) is 24.0. The third-order valence-corrected chi connectivity index (χ3v) is 5.43. The summed E-state index contributed by atoms with van der Waals surface area (Å²) in [7, 11) is 0. The van der Waals surface area contributed by atoms with Crippen LogP contribution in [0.5, 0.6) is 11.5 Å². The van der Waals surface area contributed by atoms with Crippen molar-refractivity contribution in [1.29, 1.82) is 0 Å². The van der Waals surface area contributed by atoms with Crippen LogP contribution in [-0.2, 0) is 16.0 Å². The van der Waals surface area contributed by atoms with Crippen LogP contribution in [0.4, 0.5) is 0 Å². The number of hydrogen-bond acceptors (Lipinski definition) is 3. The lowest BCUT2D eigenvalue weighted by Crippen LogP contribution is -2.28. The smallest absolute Gasteiger partial charge is 0.352 e. The Labute approximate surface area is 195 Å². The topological polar surface area (TPSA) is 75.6 Å². The van der Waals surface area contributed by atoms with Gasteiger partial charge in [0.25, 0.3) is 0 Å². The van der Waals surface area contributed by atoms with E-state index in [1.54, 1.807) is 24.3 Å². The second kappa shape index (κ2) is 10.8. The highest BCUT2D eigenvalue weighted by atomic mass is 79.9. The summed E-state index contributed by atoms with van der Waals surface area (Å²) >= 11 is 3.43. The molecule has 0 radical (unpaired) electrons. The fraction of sp³-hybridized carbons (Fsp3) is 0.154. The summed E-state index contributed by atoms with van der Waals surface area (Å²) in [6, 6.07) is 22.2. The molecule has 0 saturated carbocycles. The van der Waals surface area contributed by atoms with Gasteiger partial charge >= 0.3 is 5.97 Å². The zero-order valence-corrected chi connectivity index (χ0v) is 19.4. The molecule has 0 saturated heterocycles. The molecule has 0 spiro atoms. The molecule has 0 heterocycles. The Morgan fingerprint density at radius 3 is 2.25 bits per heavy atom. The molecule has 0 aromatic heterocycles. The summed E-state index contributed by atoms with van der Waals surface area (Å²) in [6.45, 7) is 4.20. The molecule has 32 heavy (non-hydrogen) atoms. The summed E-state index contributed by atoms with van der Waals surface area (Å²) in [5, 5.41) is 12.0. The van der Waals surface area contributed by atoms with Gasteiger partial charge in [-0.3, -0.25) is 4.79 Å². The number of nitrogens with one attached hydrogen (secondary N) is 1. The van der Waals surface area contributed by atoms with Gasteiger partial charge in [-0.1, -0.05) is 62.4 Å². The van der Waals surface area contributed by atoms with Crippen LogP contribution in [0.1, 0.15) is 36.5 Å². The molecule has 6 heteroatoms. The van der Waals surface area contributed by atoms with Crippen LogP contribution in [0.15, 0.2) is 83.0 Å². The lowest BCUT2D eigenvalue weighted by molar-refractivity contribution is -0.134. The molecule has 3 aromatic rings. The molecule has 2 N–H and O–H groups in total. The average molecular weight is 494 g/mol. The normalized spacial score (nSPS) is 11.3. The number of halogens is 1. The van der Waals surface area contributed by atoms with Crippen molar-refractivity contribution in [3.63, 3.8) is 0 Å². The van der Waals surface area contributed by atoms with Gasteiger partial charge in [0.2, 0.25) is 5.91 Å². The maximum absolute atomic E-state index is 12.4. The molecule has 5 nitrogen and oxygen atoms in total. The van der Waals surface area contributed by atoms with E-state index in [-0.39, 0.29) is 18.0 Å². The fourth-order valence-corrected chi connectivity index (χ4v) is 3.37. The molecule has 0 aliphatic rings. The molecule has 3 rings (SSSR count). The number of carboxylic acids is 1. The molecular formula is C26H24BrNO4. The minimum Gasteiger partial charge on any atom is -0.477 e. The lowest BCUT2D eigenvalue weighted by atomic mass is 10.0. The SMILES string of the molecule is CC(C)c1ccc(CC(=O)N/C(=C/c2ccc(Oc3ccccc3Br)cc2)C(=O)O)cc1. The summed E-state index contributed by atoms with van der Waals surface area (Å²) in [6.07, 6.45) is 1.52. The van der Waals surface area contributed by atoms with Crippen molar-refractivity contribution >= 4 is 33.9 Å². The average Bonchev–Trinajstić information content (AvgIpc) is 2.76. The van der Waals surface area contributed by atoms with Gasteiger partial charge in [0.1, 0.15) is 17.2 Å². The first-order chi connectivity index (χ1) is 15.3. The molecule has 1 amide bonds. The van der Waals surface area contributed by atoms with Gasteiger partial charge in [-0.05, 0) is 68.9 Å². The Morgan fingerprint density at radius 1 is 1.00 bits per heavy atom. The van der Waals surface area contributed by atoms with Crippen molar-refractivity contribution in [2.24, 2.45) is 0 Å². The van der Waals surface area contributed by atoms with Crippen molar-refractivity contribution in [2.45, 2.75) is 26.2 Å². The molecule has 0 fully saturated rings. The minimum atomic E-state index is -1.21. The standard InChI is InChI=1S/C26H24BrNO4/c1-17(2)20-11-7-19(8-12-20)16-25(29)28-23(26(30)31)15-18-9-13-21(14-10-18)32-24-6-4-3-5-22(24)27/h3-15,17H,16H2,1-2H3,(H,28,29)(H,30,31)/b23-15+. The second-order valence-corrected chi connectivity index (χ2v) is 8.44. The van der Waals surface area contributed by atoms with E-state index in [1.807, 2.05) is 48.5 Å². The van der Waals surface area contributed by atoms with E-state index in [2.05, 4.69) is 35.1 Å². The van der Waals surface area contributed by atoms with E-state index >= 15 is 0 Å². The van der Waals surface area contributed by atoms with E-state index in [9.17, 15) is 14.7 Å². The predicted molar refractivity (Wildman–Crippen MR) is 129 cm³/mol. The molecule has 0 aliphatic carbocycles. The second-order valence-electron chi connectivity index (χ2n) is 7.59. The number of aliphatic carboxylic acids is 1. The van der Waals surface area contributed by atoms with Crippen LogP contribution in [0, 0.1) is 0 Å².